The van der Waals surface area contributed by atoms with Gasteiger partial charge in [-0.1, -0.05) is 233 Å². The van der Waals surface area contributed by atoms with E-state index in [4.69, 9.17) is 14.2 Å². The lowest BCUT2D eigenvalue weighted by Gasteiger charge is -2.18. The number of rotatable bonds is 44. The Morgan fingerprint density at radius 2 is 0.600 bits per heavy atom. The zero-order valence-electron chi connectivity index (χ0n) is 37.4. The van der Waals surface area contributed by atoms with E-state index in [0.29, 0.717) is 19.3 Å². The van der Waals surface area contributed by atoms with Gasteiger partial charge < -0.3 is 14.2 Å². The first-order valence-corrected chi connectivity index (χ1v) is 24.4. The van der Waals surface area contributed by atoms with Crippen molar-refractivity contribution in [3.8, 4) is 0 Å². The van der Waals surface area contributed by atoms with Crippen LogP contribution in [0.25, 0.3) is 0 Å². The van der Waals surface area contributed by atoms with E-state index in [9.17, 15) is 14.4 Å². The third kappa shape index (κ3) is 43.4. The first kappa shape index (κ1) is 53.4. The predicted molar refractivity (Wildman–Crippen MR) is 233 cm³/mol. The molecule has 0 aromatic carbocycles. The van der Waals surface area contributed by atoms with Crippen LogP contribution in [0.5, 0.6) is 0 Å². The maximum atomic E-state index is 12.7. The molecule has 0 heterocycles. The Hall–Kier alpha value is -1.59. The first-order valence-electron chi connectivity index (χ1n) is 24.4. The van der Waals surface area contributed by atoms with E-state index in [1.165, 1.54) is 167 Å². The summed E-state index contributed by atoms with van der Waals surface area (Å²) >= 11 is 0. The summed E-state index contributed by atoms with van der Waals surface area (Å²) in [6.07, 6.45) is 43.7. The molecule has 0 rings (SSSR count). The maximum absolute atomic E-state index is 12.7. The molecule has 0 aliphatic rings. The van der Waals surface area contributed by atoms with Gasteiger partial charge in [-0.2, -0.15) is 0 Å². The molecule has 0 saturated heterocycles. The van der Waals surface area contributed by atoms with Gasteiger partial charge in [-0.15, -0.1) is 0 Å². The van der Waals surface area contributed by atoms with E-state index in [2.05, 4.69) is 27.7 Å². The molecule has 0 aromatic heterocycles. The van der Waals surface area contributed by atoms with Gasteiger partial charge in [-0.25, -0.2) is 0 Å². The van der Waals surface area contributed by atoms with E-state index in [1.54, 1.807) is 0 Å². The molecule has 326 valence electrons. The number of ether oxygens (including phenoxy) is 3. The highest BCUT2D eigenvalue weighted by Crippen LogP contribution is 2.16. The van der Waals surface area contributed by atoms with Gasteiger partial charge in [0.25, 0.3) is 0 Å². The normalized spacial score (nSPS) is 11.9. The lowest BCUT2D eigenvalue weighted by atomic mass is 10.0. The van der Waals surface area contributed by atoms with Crippen LogP contribution in [0.2, 0.25) is 0 Å². The van der Waals surface area contributed by atoms with Gasteiger partial charge in [0, 0.05) is 19.3 Å². The van der Waals surface area contributed by atoms with Gasteiger partial charge in [0.15, 0.2) is 6.10 Å². The zero-order valence-corrected chi connectivity index (χ0v) is 37.4. The van der Waals surface area contributed by atoms with E-state index in [1.807, 2.05) is 0 Å². The summed E-state index contributed by atoms with van der Waals surface area (Å²) in [5.74, 6) is -0.0159. The Bertz CT molecular complexity index is 826. The summed E-state index contributed by atoms with van der Waals surface area (Å²) in [6.45, 7) is 9.00. The number of carbonyl (C=O) groups is 3. The average molecular weight is 779 g/mol. The monoisotopic (exact) mass is 779 g/mol. The fraction of sp³-hybridized carbons (Fsp3) is 0.939. The van der Waals surface area contributed by atoms with E-state index in [0.717, 1.165) is 63.7 Å². The molecular weight excluding hydrogens is 685 g/mol. The number of unbranched alkanes of at least 4 members (excludes halogenated alkanes) is 31. The minimum Gasteiger partial charge on any atom is -0.462 e. The molecule has 0 unspecified atom stereocenters. The lowest BCUT2D eigenvalue weighted by molar-refractivity contribution is -0.167. The summed E-state index contributed by atoms with van der Waals surface area (Å²) in [5.41, 5.74) is 0. The Morgan fingerprint density at radius 3 is 0.891 bits per heavy atom. The fourth-order valence-electron chi connectivity index (χ4n) is 7.33. The fourth-order valence-corrected chi connectivity index (χ4v) is 7.33. The molecule has 0 N–H and O–H groups in total. The van der Waals surface area contributed by atoms with Crippen molar-refractivity contribution in [2.75, 3.05) is 13.2 Å². The second kappa shape index (κ2) is 43.5. The molecule has 0 fully saturated rings. The number of hydrogen-bond donors (Lipinski definition) is 0. The summed E-state index contributed by atoms with van der Waals surface area (Å²) in [7, 11) is 0. The maximum Gasteiger partial charge on any atom is 0.306 e. The minimum atomic E-state index is -0.759. The van der Waals surface area contributed by atoms with Crippen molar-refractivity contribution >= 4 is 17.9 Å². The van der Waals surface area contributed by atoms with Gasteiger partial charge >= 0.3 is 17.9 Å². The lowest BCUT2D eigenvalue weighted by Crippen LogP contribution is -2.30. The van der Waals surface area contributed by atoms with Crippen LogP contribution in [0.3, 0.4) is 0 Å². The van der Waals surface area contributed by atoms with Gasteiger partial charge in [-0.05, 0) is 25.2 Å². The van der Waals surface area contributed by atoms with Crippen LogP contribution in [0, 0.1) is 5.92 Å². The van der Waals surface area contributed by atoms with Gasteiger partial charge in [-0.3, -0.25) is 14.4 Å². The number of carbonyl (C=O) groups excluding carboxylic acids is 3. The highest BCUT2D eigenvalue weighted by molar-refractivity contribution is 5.71. The molecule has 0 aliphatic carbocycles. The minimum absolute atomic E-state index is 0.0632. The van der Waals surface area contributed by atoms with Crippen LogP contribution in [0.4, 0.5) is 0 Å². The van der Waals surface area contributed by atoms with Crippen molar-refractivity contribution in [3.05, 3.63) is 0 Å². The summed E-state index contributed by atoms with van der Waals surface area (Å²) < 4.78 is 16.7. The Morgan fingerprint density at radius 1 is 0.345 bits per heavy atom. The molecule has 0 spiro atoms. The van der Waals surface area contributed by atoms with E-state index in [-0.39, 0.29) is 31.1 Å². The molecule has 0 amide bonds. The summed E-state index contributed by atoms with van der Waals surface area (Å²) in [6, 6.07) is 0. The second-order valence-electron chi connectivity index (χ2n) is 17.2. The summed E-state index contributed by atoms with van der Waals surface area (Å²) in [5, 5.41) is 0. The molecular formula is C49H94O6. The quantitative estimate of drug-likeness (QED) is 0.0348. The van der Waals surface area contributed by atoms with Crippen LogP contribution < -0.4 is 0 Å². The Balaban J connectivity index is 4.29. The van der Waals surface area contributed by atoms with Crippen LogP contribution >= 0.6 is 0 Å². The third-order valence-electron chi connectivity index (χ3n) is 11.0. The van der Waals surface area contributed by atoms with Gasteiger partial charge in [0.2, 0.25) is 0 Å². The van der Waals surface area contributed by atoms with Crippen molar-refractivity contribution in [1.29, 1.82) is 0 Å². The predicted octanol–water partition coefficient (Wildman–Crippen LogP) is 15.5. The van der Waals surface area contributed by atoms with Crippen molar-refractivity contribution in [2.45, 2.75) is 278 Å². The number of hydrogen-bond acceptors (Lipinski definition) is 6. The zero-order chi connectivity index (χ0) is 40.3. The van der Waals surface area contributed by atoms with Crippen molar-refractivity contribution in [1.82, 2.24) is 0 Å². The van der Waals surface area contributed by atoms with Crippen LogP contribution in [0.1, 0.15) is 272 Å². The van der Waals surface area contributed by atoms with E-state index < -0.39 is 6.10 Å². The molecule has 1 atom stereocenters. The molecule has 0 aliphatic heterocycles. The standard InChI is InChI=1S/C49H94O6/c1-5-7-9-11-13-15-19-24-28-32-36-40-47(50)53-43-46(55-49(52)42-38-34-30-26-20-16-14-12-10-8-6-2)44-54-48(51)41-37-33-29-25-22-18-17-21-23-27-31-35-39-45(3)4/h45-46H,5-44H2,1-4H3/t46-/m1/s1. The Kier molecular flexibility index (Phi) is 42.3. The van der Waals surface area contributed by atoms with Crippen molar-refractivity contribution in [3.63, 3.8) is 0 Å². The highest BCUT2D eigenvalue weighted by atomic mass is 16.6. The van der Waals surface area contributed by atoms with Gasteiger partial charge in [0.05, 0.1) is 0 Å². The SMILES string of the molecule is CCCCCCCCCCCCCC(=O)OC[C@H](COC(=O)CCCCCCCCCCCCCCC(C)C)OC(=O)CCCCCCCCCCCCC. The van der Waals surface area contributed by atoms with Crippen molar-refractivity contribution in [2.24, 2.45) is 5.92 Å². The average Bonchev–Trinajstić information content (AvgIpc) is 3.17. The molecule has 6 nitrogen and oxygen atoms in total. The van der Waals surface area contributed by atoms with Crippen LogP contribution in [-0.4, -0.2) is 37.2 Å². The van der Waals surface area contributed by atoms with Gasteiger partial charge in [0.1, 0.15) is 13.2 Å². The molecule has 0 radical (unpaired) electrons. The molecule has 6 heteroatoms. The topological polar surface area (TPSA) is 78.9 Å². The molecule has 0 aromatic rings. The van der Waals surface area contributed by atoms with Crippen LogP contribution in [0.15, 0.2) is 0 Å². The smallest absolute Gasteiger partial charge is 0.306 e. The molecule has 0 saturated carbocycles. The van der Waals surface area contributed by atoms with Crippen molar-refractivity contribution < 1.29 is 28.6 Å². The first-order chi connectivity index (χ1) is 26.9. The molecule has 55 heavy (non-hydrogen) atoms. The largest absolute Gasteiger partial charge is 0.462 e. The second-order valence-corrected chi connectivity index (χ2v) is 17.2. The summed E-state index contributed by atoms with van der Waals surface area (Å²) in [4.78, 5) is 37.8. The molecule has 0 bridgehead atoms. The van der Waals surface area contributed by atoms with E-state index >= 15 is 0 Å². The highest BCUT2D eigenvalue weighted by Gasteiger charge is 2.19. The number of esters is 3. The van der Waals surface area contributed by atoms with Crippen LogP contribution in [-0.2, 0) is 28.6 Å². The third-order valence-corrected chi connectivity index (χ3v) is 11.0. The Labute approximate surface area is 342 Å².